The third kappa shape index (κ3) is 2.78. The Labute approximate surface area is 127 Å². The van der Waals surface area contributed by atoms with Crippen LogP contribution in [0.1, 0.15) is 23.5 Å². The van der Waals surface area contributed by atoms with Gasteiger partial charge in [0.15, 0.2) is 0 Å². The number of nitrogens with one attached hydrogen (secondary N) is 1. The molecular weight excluding hydrogens is 314 g/mol. The van der Waals surface area contributed by atoms with Crippen molar-refractivity contribution in [3.8, 4) is 0 Å². The molecule has 2 atom stereocenters. The maximum Gasteiger partial charge on any atom is 0.228 e. The standard InChI is InChI=1S/C17H16BrNO/c18-11-13-8-4-5-9-16(13)19-17(20)15-10-14(15)12-6-2-1-3-7-12/h1-9,14-15H,10-11H2,(H,19,20). The molecule has 1 saturated carbocycles. The molecule has 2 aromatic rings. The summed E-state index contributed by atoms with van der Waals surface area (Å²) in [5.74, 6) is 0.625. The van der Waals surface area contributed by atoms with E-state index in [1.165, 1.54) is 5.56 Å². The van der Waals surface area contributed by atoms with Crippen LogP contribution in [0.25, 0.3) is 0 Å². The van der Waals surface area contributed by atoms with Crippen LogP contribution in [0, 0.1) is 5.92 Å². The molecule has 0 spiro atoms. The summed E-state index contributed by atoms with van der Waals surface area (Å²) in [5.41, 5.74) is 3.28. The zero-order valence-corrected chi connectivity index (χ0v) is 12.6. The lowest BCUT2D eigenvalue weighted by Gasteiger charge is -2.09. The van der Waals surface area contributed by atoms with Crippen LogP contribution >= 0.6 is 15.9 Å². The van der Waals surface area contributed by atoms with E-state index in [1.807, 2.05) is 42.5 Å². The summed E-state index contributed by atoms with van der Waals surface area (Å²) in [6.07, 6.45) is 0.951. The number of para-hydroxylation sites is 1. The molecule has 2 nitrogen and oxygen atoms in total. The van der Waals surface area contributed by atoms with E-state index in [2.05, 4.69) is 33.4 Å². The minimum atomic E-state index is 0.112. The zero-order valence-electron chi connectivity index (χ0n) is 11.1. The van der Waals surface area contributed by atoms with Crippen molar-refractivity contribution in [1.82, 2.24) is 0 Å². The normalized spacial score (nSPS) is 20.4. The first-order valence-electron chi connectivity index (χ1n) is 6.79. The van der Waals surface area contributed by atoms with Crippen LogP contribution in [-0.2, 0) is 10.1 Å². The fourth-order valence-corrected chi connectivity index (χ4v) is 3.03. The second-order valence-corrected chi connectivity index (χ2v) is 5.70. The monoisotopic (exact) mass is 329 g/mol. The quantitative estimate of drug-likeness (QED) is 0.831. The van der Waals surface area contributed by atoms with Crippen LogP contribution in [0.5, 0.6) is 0 Å². The molecular formula is C17H16BrNO. The van der Waals surface area contributed by atoms with Crippen molar-refractivity contribution < 1.29 is 4.79 Å². The molecule has 0 saturated heterocycles. The molecule has 1 N–H and O–H groups in total. The fraction of sp³-hybridized carbons (Fsp3) is 0.235. The molecule has 102 valence electrons. The molecule has 0 aliphatic heterocycles. The fourth-order valence-electron chi connectivity index (χ4n) is 2.54. The smallest absolute Gasteiger partial charge is 0.228 e. The highest BCUT2D eigenvalue weighted by Gasteiger charge is 2.43. The minimum Gasteiger partial charge on any atom is -0.326 e. The first-order valence-corrected chi connectivity index (χ1v) is 7.91. The SMILES string of the molecule is O=C(Nc1ccccc1CBr)C1CC1c1ccccc1. The number of anilines is 1. The second-order valence-electron chi connectivity index (χ2n) is 5.14. The van der Waals surface area contributed by atoms with E-state index < -0.39 is 0 Å². The van der Waals surface area contributed by atoms with Gasteiger partial charge in [0.1, 0.15) is 0 Å². The van der Waals surface area contributed by atoms with Gasteiger partial charge in [0, 0.05) is 16.9 Å². The average molecular weight is 330 g/mol. The molecule has 1 amide bonds. The number of carbonyl (C=O) groups excluding carboxylic acids is 1. The van der Waals surface area contributed by atoms with Crippen molar-refractivity contribution in [2.75, 3.05) is 5.32 Å². The van der Waals surface area contributed by atoms with Crippen LogP contribution in [0.2, 0.25) is 0 Å². The summed E-state index contributed by atoms with van der Waals surface area (Å²) in [6, 6.07) is 18.2. The van der Waals surface area contributed by atoms with Crippen molar-refractivity contribution in [3.63, 3.8) is 0 Å². The first-order chi connectivity index (χ1) is 9.79. The number of hydrogen-bond acceptors (Lipinski definition) is 1. The van der Waals surface area contributed by atoms with Gasteiger partial charge in [-0.1, -0.05) is 64.5 Å². The van der Waals surface area contributed by atoms with Crippen molar-refractivity contribution in [2.45, 2.75) is 17.7 Å². The lowest BCUT2D eigenvalue weighted by molar-refractivity contribution is -0.117. The van der Waals surface area contributed by atoms with E-state index in [-0.39, 0.29) is 11.8 Å². The molecule has 3 heteroatoms. The predicted molar refractivity (Wildman–Crippen MR) is 85.0 cm³/mol. The van der Waals surface area contributed by atoms with Crippen LogP contribution in [0.15, 0.2) is 54.6 Å². The van der Waals surface area contributed by atoms with Gasteiger partial charge in [-0.25, -0.2) is 0 Å². The lowest BCUT2D eigenvalue weighted by atomic mass is 10.1. The molecule has 1 aliphatic carbocycles. The molecule has 0 radical (unpaired) electrons. The maximum atomic E-state index is 12.3. The highest BCUT2D eigenvalue weighted by atomic mass is 79.9. The summed E-state index contributed by atoms with van der Waals surface area (Å²) in [7, 11) is 0. The largest absolute Gasteiger partial charge is 0.326 e. The molecule has 1 fully saturated rings. The van der Waals surface area contributed by atoms with Crippen LogP contribution in [0.4, 0.5) is 5.69 Å². The van der Waals surface area contributed by atoms with E-state index in [9.17, 15) is 4.79 Å². The first kappa shape index (κ1) is 13.4. The Morgan fingerprint density at radius 1 is 1.10 bits per heavy atom. The van der Waals surface area contributed by atoms with Gasteiger partial charge in [-0.15, -0.1) is 0 Å². The number of hydrogen-bond donors (Lipinski definition) is 1. The summed E-state index contributed by atoms with van der Waals surface area (Å²) >= 11 is 3.45. The second kappa shape index (κ2) is 5.80. The summed E-state index contributed by atoms with van der Waals surface area (Å²) in [4.78, 5) is 12.3. The Bertz CT molecular complexity index is 611. The number of alkyl halides is 1. The van der Waals surface area contributed by atoms with E-state index in [4.69, 9.17) is 0 Å². The Morgan fingerprint density at radius 3 is 2.55 bits per heavy atom. The summed E-state index contributed by atoms with van der Waals surface area (Å²) < 4.78 is 0. The van der Waals surface area contributed by atoms with Gasteiger partial charge in [-0.05, 0) is 29.5 Å². The number of halogens is 1. The van der Waals surface area contributed by atoms with Gasteiger partial charge in [-0.3, -0.25) is 4.79 Å². The molecule has 20 heavy (non-hydrogen) atoms. The molecule has 2 aromatic carbocycles. The van der Waals surface area contributed by atoms with E-state index in [1.54, 1.807) is 0 Å². The molecule has 2 unspecified atom stereocenters. The van der Waals surface area contributed by atoms with Gasteiger partial charge in [0.2, 0.25) is 5.91 Å². The minimum absolute atomic E-state index is 0.112. The Morgan fingerprint density at radius 2 is 1.80 bits per heavy atom. The number of rotatable bonds is 4. The average Bonchev–Trinajstić information content (AvgIpc) is 3.29. The highest BCUT2D eigenvalue weighted by molar-refractivity contribution is 9.08. The van der Waals surface area contributed by atoms with Crippen molar-refractivity contribution >= 4 is 27.5 Å². The summed E-state index contributed by atoms with van der Waals surface area (Å²) in [5, 5.41) is 3.80. The predicted octanol–water partition coefficient (Wildman–Crippen LogP) is 4.32. The van der Waals surface area contributed by atoms with E-state index >= 15 is 0 Å². The van der Waals surface area contributed by atoms with Gasteiger partial charge in [0.25, 0.3) is 0 Å². The number of carbonyl (C=O) groups is 1. The highest BCUT2D eigenvalue weighted by Crippen LogP contribution is 2.47. The van der Waals surface area contributed by atoms with Crippen LogP contribution in [-0.4, -0.2) is 5.91 Å². The topological polar surface area (TPSA) is 29.1 Å². The van der Waals surface area contributed by atoms with Crippen molar-refractivity contribution in [1.29, 1.82) is 0 Å². The summed E-state index contributed by atoms with van der Waals surface area (Å²) in [6.45, 7) is 0. The third-order valence-electron chi connectivity index (χ3n) is 3.77. The molecule has 3 rings (SSSR count). The van der Waals surface area contributed by atoms with Gasteiger partial charge >= 0.3 is 0 Å². The molecule has 0 bridgehead atoms. The van der Waals surface area contributed by atoms with E-state index in [0.29, 0.717) is 5.92 Å². The van der Waals surface area contributed by atoms with Crippen LogP contribution < -0.4 is 5.32 Å². The Balaban J connectivity index is 1.67. The van der Waals surface area contributed by atoms with Crippen molar-refractivity contribution in [2.24, 2.45) is 5.92 Å². The van der Waals surface area contributed by atoms with Crippen molar-refractivity contribution in [3.05, 3.63) is 65.7 Å². The zero-order chi connectivity index (χ0) is 13.9. The molecule has 1 aliphatic rings. The Hall–Kier alpha value is -1.61. The number of amides is 1. The number of benzene rings is 2. The van der Waals surface area contributed by atoms with E-state index in [0.717, 1.165) is 23.0 Å². The van der Waals surface area contributed by atoms with Gasteiger partial charge in [0.05, 0.1) is 0 Å². The maximum absolute atomic E-state index is 12.3. The van der Waals surface area contributed by atoms with Gasteiger partial charge in [-0.2, -0.15) is 0 Å². The van der Waals surface area contributed by atoms with Crippen LogP contribution in [0.3, 0.4) is 0 Å². The Kier molecular flexibility index (Phi) is 3.88. The lowest BCUT2D eigenvalue weighted by Crippen LogP contribution is -2.15. The van der Waals surface area contributed by atoms with Gasteiger partial charge < -0.3 is 5.32 Å². The third-order valence-corrected chi connectivity index (χ3v) is 4.38. The molecule has 0 heterocycles. The molecule has 0 aromatic heterocycles.